The predicted molar refractivity (Wildman–Crippen MR) is 121 cm³/mol. The number of likely N-dealkylation sites (N-methyl/N-ethyl adjacent to an activating group) is 1. The van der Waals surface area contributed by atoms with Crippen molar-refractivity contribution in [3.63, 3.8) is 0 Å². The van der Waals surface area contributed by atoms with E-state index >= 15 is 0 Å². The molecule has 2 aliphatic rings. The molecule has 2 aromatic rings. The highest BCUT2D eigenvalue weighted by molar-refractivity contribution is 5.74. The summed E-state index contributed by atoms with van der Waals surface area (Å²) < 4.78 is 45.2. The molecule has 0 aromatic carbocycles. The lowest BCUT2D eigenvalue weighted by Crippen LogP contribution is -2.42. The summed E-state index contributed by atoms with van der Waals surface area (Å²) in [5.74, 6) is 0.148. The van der Waals surface area contributed by atoms with E-state index in [1.807, 2.05) is 4.90 Å². The van der Waals surface area contributed by atoms with Crippen LogP contribution in [0.1, 0.15) is 23.2 Å². The monoisotopic (exact) mass is 495 g/mol. The Bertz CT molecular complexity index is 1070. The fraction of sp³-hybridized carbons (Fsp3) is 0.545. The van der Waals surface area contributed by atoms with Crippen LogP contribution in [-0.2, 0) is 19.1 Å². The number of ether oxygens (including phenoxy) is 1. The Morgan fingerprint density at radius 3 is 2.83 bits per heavy atom. The highest BCUT2D eigenvalue weighted by Crippen LogP contribution is 2.38. The first-order chi connectivity index (χ1) is 16.7. The SMILES string of the molecule is COc1ncc(N2CCc3ncnc(N[C@H]4CCN(C(=O)N(C)CCO)C4)c3C2)cc1C(F)(F)F. The van der Waals surface area contributed by atoms with Crippen LogP contribution in [-0.4, -0.2) is 88.9 Å². The Hall–Kier alpha value is -3.35. The predicted octanol–water partition coefficient (Wildman–Crippen LogP) is 1.99. The molecule has 2 aromatic heterocycles. The van der Waals surface area contributed by atoms with Gasteiger partial charge in [0.1, 0.15) is 17.7 Å². The molecule has 1 saturated heterocycles. The first-order valence-corrected chi connectivity index (χ1v) is 11.3. The number of fused-ring (bicyclic) bond motifs is 1. The molecule has 0 radical (unpaired) electrons. The van der Waals surface area contributed by atoms with Crippen LogP contribution in [0.15, 0.2) is 18.6 Å². The van der Waals surface area contributed by atoms with Crippen LogP contribution >= 0.6 is 0 Å². The minimum absolute atomic E-state index is 0.0321. The number of carbonyl (C=O) groups is 1. The molecule has 35 heavy (non-hydrogen) atoms. The Balaban J connectivity index is 1.50. The zero-order valence-electron chi connectivity index (χ0n) is 19.5. The Morgan fingerprint density at radius 2 is 2.11 bits per heavy atom. The van der Waals surface area contributed by atoms with Crippen molar-refractivity contribution in [2.75, 3.05) is 57.2 Å². The number of carbonyl (C=O) groups excluding carboxylic acids is 1. The van der Waals surface area contributed by atoms with Crippen LogP contribution in [0.2, 0.25) is 0 Å². The summed E-state index contributed by atoms with van der Waals surface area (Å²) in [4.78, 5) is 30.1. The lowest BCUT2D eigenvalue weighted by Gasteiger charge is -2.31. The Kier molecular flexibility index (Phi) is 7.15. The van der Waals surface area contributed by atoms with E-state index in [9.17, 15) is 18.0 Å². The van der Waals surface area contributed by atoms with Gasteiger partial charge in [-0.2, -0.15) is 13.2 Å². The van der Waals surface area contributed by atoms with E-state index < -0.39 is 17.6 Å². The molecule has 2 aliphatic heterocycles. The number of anilines is 2. The van der Waals surface area contributed by atoms with Crippen molar-refractivity contribution in [1.82, 2.24) is 24.8 Å². The third-order valence-electron chi connectivity index (χ3n) is 6.26. The molecule has 4 heterocycles. The topological polar surface area (TPSA) is 107 Å². The fourth-order valence-corrected chi connectivity index (χ4v) is 4.40. The number of hydrogen-bond acceptors (Lipinski definition) is 8. The number of pyridine rings is 1. The van der Waals surface area contributed by atoms with Crippen molar-refractivity contribution in [2.45, 2.75) is 31.6 Å². The fourth-order valence-electron chi connectivity index (χ4n) is 4.40. The second kappa shape index (κ2) is 10.1. The van der Waals surface area contributed by atoms with Crippen molar-refractivity contribution in [3.05, 3.63) is 35.4 Å². The zero-order valence-corrected chi connectivity index (χ0v) is 19.5. The van der Waals surface area contributed by atoms with Gasteiger partial charge >= 0.3 is 12.2 Å². The smallest absolute Gasteiger partial charge is 0.421 e. The van der Waals surface area contributed by atoms with E-state index in [-0.39, 0.29) is 25.2 Å². The number of aliphatic hydroxyl groups is 1. The zero-order chi connectivity index (χ0) is 25.2. The molecule has 2 N–H and O–H groups in total. The molecule has 1 fully saturated rings. The van der Waals surface area contributed by atoms with Gasteiger partial charge in [0.25, 0.3) is 0 Å². The van der Waals surface area contributed by atoms with Crippen LogP contribution < -0.4 is 15.0 Å². The summed E-state index contributed by atoms with van der Waals surface area (Å²) in [6.45, 7) is 2.02. The number of aliphatic hydroxyl groups excluding tert-OH is 1. The van der Waals surface area contributed by atoms with E-state index in [4.69, 9.17) is 9.84 Å². The van der Waals surface area contributed by atoms with Gasteiger partial charge in [0, 0.05) is 57.8 Å². The largest absolute Gasteiger partial charge is 0.481 e. The quantitative estimate of drug-likeness (QED) is 0.627. The molecule has 190 valence electrons. The first-order valence-electron chi connectivity index (χ1n) is 11.3. The average Bonchev–Trinajstić information content (AvgIpc) is 3.31. The number of hydrogen-bond donors (Lipinski definition) is 2. The molecule has 13 heteroatoms. The van der Waals surface area contributed by atoms with Gasteiger partial charge in [-0.05, 0) is 12.5 Å². The van der Waals surface area contributed by atoms with Gasteiger partial charge < -0.3 is 29.9 Å². The van der Waals surface area contributed by atoms with Gasteiger partial charge in [-0.1, -0.05) is 0 Å². The number of nitrogens with one attached hydrogen (secondary N) is 1. The summed E-state index contributed by atoms with van der Waals surface area (Å²) >= 11 is 0. The lowest BCUT2D eigenvalue weighted by molar-refractivity contribution is -0.139. The highest BCUT2D eigenvalue weighted by atomic mass is 19.4. The molecule has 1 atom stereocenters. The molecule has 0 unspecified atom stereocenters. The maximum atomic E-state index is 13.5. The number of methoxy groups -OCH3 is 1. The number of nitrogens with zero attached hydrogens (tertiary/aromatic N) is 6. The first kappa shape index (κ1) is 24.8. The van der Waals surface area contributed by atoms with Crippen LogP contribution in [0.25, 0.3) is 0 Å². The van der Waals surface area contributed by atoms with Crippen LogP contribution in [0, 0.1) is 0 Å². The molecule has 4 rings (SSSR count). The molecule has 10 nitrogen and oxygen atoms in total. The molecular formula is C22H28F3N7O3. The molecular weight excluding hydrogens is 467 g/mol. The maximum Gasteiger partial charge on any atom is 0.421 e. The molecule has 0 aliphatic carbocycles. The van der Waals surface area contributed by atoms with Gasteiger partial charge in [-0.25, -0.2) is 19.7 Å². The number of likely N-dealkylation sites (tertiary alicyclic amines) is 1. The number of aromatic nitrogens is 3. The second-order valence-electron chi connectivity index (χ2n) is 8.57. The van der Waals surface area contributed by atoms with Gasteiger partial charge in [-0.3, -0.25) is 0 Å². The maximum absolute atomic E-state index is 13.5. The van der Waals surface area contributed by atoms with Crippen molar-refractivity contribution >= 4 is 17.5 Å². The van der Waals surface area contributed by atoms with E-state index in [2.05, 4.69) is 20.3 Å². The number of urea groups is 1. The minimum atomic E-state index is -4.59. The van der Waals surface area contributed by atoms with Crippen LogP contribution in [0.3, 0.4) is 0 Å². The lowest BCUT2D eigenvalue weighted by atomic mass is 10.0. The van der Waals surface area contributed by atoms with Gasteiger partial charge in [-0.15, -0.1) is 0 Å². The Morgan fingerprint density at radius 1 is 1.31 bits per heavy atom. The van der Waals surface area contributed by atoms with E-state index in [0.29, 0.717) is 44.1 Å². The summed E-state index contributed by atoms with van der Waals surface area (Å²) in [5, 5.41) is 12.5. The summed E-state index contributed by atoms with van der Waals surface area (Å²) in [7, 11) is 2.80. The molecule has 0 spiro atoms. The van der Waals surface area contributed by atoms with Crippen LogP contribution in [0.5, 0.6) is 5.88 Å². The molecule has 0 saturated carbocycles. The number of amides is 2. The van der Waals surface area contributed by atoms with Crippen LogP contribution in [0.4, 0.5) is 29.5 Å². The van der Waals surface area contributed by atoms with Crippen molar-refractivity contribution < 1.29 is 27.8 Å². The number of alkyl halides is 3. The van der Waals surface area contributed by atoms with Gasteiger partial charge in [0.05, 0.1) is 31.3 Å². The van der Waals surface area contributed by atoms with E-state index in [1.165, 1.54) is 17.4 Å². The van der Waals surface area contributed by atoms with E-state index in [1.54, 1.807) is 11.9 Å². The standard InChI is InChI=1S/C22H28F3N7O3/c1-30(7-8-33)21(34)32-5-3-14(11-32)29-19-16-12-31(6-4-18(16)27-13-28-19)15-9-17(22(23,24)25)20(35-2)26-10-15/h9-10,13-14,33H,3-8,11-12H2,1-2H3,(H,27,28,29)/t14-/m0/s1. The van der Waals surface area contributed by atoms with Gasteiger partial charge in [0.2, 0.25) is 5.88 Å². The summed E-state index contributed by atoms with van der Waals surface area (Å²) in [6, 6.07) is 0.874. The third-order valence-corrected chi connectivity index (χ3v) is 6.26. The number of halogens is 3. The minimum Gasteiger partial charge on any atom is -0.481 e. The Labute approximate surface area is 200 Å². The normalized spacial score (nSPS) is 17.8. The molecule has 0 bridgehead atoms. The number of rotatable bonds is 6. The second-order valence-corrected chi connectivity index (χ2v) is 8.57. The summed E-state index contributed by atoms with van der Waals surface area (Å²) in [6.07, 6.45) is -0.478. The van der Waals surface area contributed by atoms with Crippen molar-refractivity contribution in [1.29, 1.82) is 0 Å². The highest BCUT2D eigenvalue weighted by Gasteiger charge is 2.36. The summed E-state index contributed by atoms with van der Waals surface area (Å²) in [5.41, 5.74) is 1.06. The molecule has 2 amide bonds. The third kappa shape index (κ3) is 5.34. The average molecular weight is 496 g/mol. The van der Waals surface area contributed by atoms with Crippen molar-refractivity contribution in [2.24, 2.45) is 0 Å². The van der Waals surface area contributed by atoms with Gasteiger partial charge in [0.15, 0.2) is 0 Å². The van der Waals surface area contributed by atoms with Crippen molar-refractivity contribution in [3.8, 4) is 5.88 Å². The van der Waals surface area contributed by atoms with E-state index in [0.717, 1.165) is 30.9 Å².